The first-order valence-electron chi connectivity index (χ1n) is 10.1. The molecular weight excluding hydrogens is 354 g/mol. The second-order valence-corrected chi connectivity index (χ2v) is 7.60. The maximum atomic E-state index is 12.2. The Bertz CT molecular complexity index is 645. The van der Waals surface area contributed by atoms with E-state index in [1.807, 2.05) is 31.2 Å². The van der Waals surface area contributed by atoms with E-state index >= 15 is 0 Å². The molecule has 0 aromatic heterocycles. The normalized spacial score (nSPS) is 20.3. The number of ether oxygens (including phenoxy) is 1. The van der Waals surface area contributed by atoms with E-state index in [1.54, 1.807) is 7.11 Å². The number of aliphatic imine (C=N–C) groups is 1. The second-order valence-electron chi connectivity index (χ2n) is 7.60. The van der Waals surface area contributed by atoms with E-state index in [4.69, 9.17) is 4.74 Å². The number of hydrogen-bond donors (Lipinski definition) is 3. The predicted octanol–water partition coefficient (Wildman–Crippen LogP) is 1.60. The van der Waals surface area contributed by atoms with Gasteiger partial charge in [-0.25, -0.2) is 4.99 Å². The molecule has 1 saturated heterocycles. The van der Waals surface area contributed by atoms with Gasteiger partial charge in [0, 0.05) is 38.3 Å². The van der Waals surface area contributed by atoms with Crippen molar-refractivity contribution in [1.82, 2.24) is 20.9 Å². The van der Waals surface area contributed by atoms with Gasteiger partial charge in [-0.15, -0.1) is 0 Å². The molecule has 2 atom stereocenters. The topological polar surface area (TPSA) is 78.0 Å². The minimum Gasteiger partial charge on any atom is -0.497 e. The summed E-state index contributed by atoms with van der Waals surface area (Å²) in [7, 11) is 1.64. The summed E-state index contributed by atoms with van der Waals surface area (Å²) < 4.78 is 5.14. The smallest absolute Gasteiger partial charge is 0.242 e. The Morgan fingerprint density at radius 1 is 1.25 bits per heavy atom. The van der Waals surface area contributed by atoms with Crippen LogP contribution in [-0.4, -0.2) is 62.1 Å². The summed E-state index contributed by atoms with van der Waals surface area (Å²) >= 11 is 0. The molecule has 1 amide bonds. The van der Waals surface area contributed by atoms with Gasteiger partial charge in [-0.2, -0.15) is 0 Å². The van der Waals surface area contributed by atoms with Crippen molar-refractivity contribution in [2.24, 2.45) is 10.9 Å². The second kappa shape index (κ2) is 10.9. The Labute approximate surface area is 168 Å². The van der Waals surface area contributed by atoms with Crippen LogP contribution in [0.2, 0.25) is 0 Å². The summed E-state index contributed by atoms with van der Waals surface area (Å²) in [6, 6.07) is 8.53. The van der Waals surface area contributed by atoms with Crippen molar-refractivity contribution in [3.05, 3.63) is 29.8 Å². The Balaban J connectivity index is 1.84. The molecule has 7 heteroatoms. The number of likely N-dealkylation sites (tertiary alicyclic amines) is 1. The zero-order valence-electron chi connectivity index (χ0n) is 17.8. The number of nitrogens with zero attached hydrogens (tertiary/aromatic N) is 2. The van der Waals surface area contributed by atoms with Gasteiger partial charge in [0.2, 0.25) is 5.91 Å². The van der Waals surface area contributed by atoms with Crippen LogP contribution in [0.15, 0.2) is 29.3 Å². The lowest BCUT2D eigenvalue weighted by Crippen LogP contribution is -2.47. The average molecular weight is 390 g/mol. The lowest BCUT2D eigenvalue weighted by Gasteiger charge is -2.21. The van der Waals surface area contributed by atoms with Crippen LogP contribution in [0.5, 0.6) is 5.75 Å². The minimum atomic E-state index is -0.101. The van der Waals surface area contributed by atoms with Crippen LogP contribution in [0.4, 0.5) is 0 Å². The Morgan fingerprint density at radius 2 is 1.96 bits per heavy atom. The summed E-state index contributed by atoms with van der Waals surface area (Å²) in [6.07, 6.45) is 0. The molecule has 3 N–H and O–H groups in total. The van der Waals surface area contributed by atoms with E-state index in [0.29, 0.717) is 30.5 Å². The first-order valence-corrected chi connectivity index (χ1v) is 10.1. The molecule has 0 aliphatic carbocycles. The molecule has 0 radical (unpaired) electrons. The molecule has 7 nitrogen and oxygen atoms in total. The van der Waals surface area contributed by atoms with Gasteiger partial charge in [-0.3, -0.25) is 9.69 Å². The van der Waals surface area contributed by atoms with Crippen LogP contribution in [0.1, 0.15) is 33.3 Å². The van der Waals surface area contributed by atoms with Gasteiger partial charge in [0.1, 0.15) is 12.3 Å². The zero-order chi connectivity index (χ0) is 20.5. The molecular formula is C21H35N5O2. The fraction of sp³-hybridized carbons (Fsp3) is 0.619. The van der Waals surface area contributed by atoms with Gasteiger partial charge in [0.25, 0.3) is 0 Å². The van der Waals surface area contributed by atoms with Crippen molar-refractivity contribution in [2.75, 3.05) is 33.3 Å². The minimum absolute atomic E-state index is 0.0977. The van der Waals surface area contributed by atoms with Gasteiger partial charge in [-0.05, 0) is 44.4 Å². The molecule has 2 unspecified atom stereocenters. The lowest BCUT2D eigenvalue weighted by atomic mass is 10.1. The Hall–Kier alpha value is -2.28. The highest BCUT2D eigenvalue weighted by molar-refractivity contribution is 5.85. The van der Waals surface area contributed by atoms with Gasteiger partial charge in [0.05, 0.1) is 7.11 Å². The average Bonchev–Trinajstić information content (AvgIpc) is 3.06. The molecule has 1 aromatic carbocycles. The van der Waals surface area contributed by atoms with Crippen molar-refractivity contribution < 1.29 is 9.53 Å². The third-order valence-corrected chi connectivity index (χ3v) is 5.07. The van der Waals surface area contributed by atoms with E-state index in [0.717, 1.165) is 30.9 Å². The molecule has 156 valence electrons. The number of rotatable bonds is 8. The molecule has 1 heterocycles. The quantitative estimate of drug-likeness (QED) is 0.465. The molecule has 1 aliphatic heterocycles. The first kappa shape index (κ1) is 22.0. The third kappa shape index (κ3) is 6.71. The number of nitrogens with one attached hydrogen (secondary N) is 3. The van der Waals surface area contributed by atoms with Crippen molar-refractivity contribution in [2.45, 2.75) is 46.3 Å². The highest BCUT2D eigenvalue weighted by Gasteiger charge is 2.31. The van der Waals surface area contributed by atoms with Crippen LogP contribution in [0.25, 0.3) is 0 Å². The van der Waals surface area contributed by atoms with Crippen LogP contribution >= 0.6 is 0 Å². The monoisotopic (exact) mass is 389 g/mol. The Kier molecular flexibility index (Phi) is 8.57. The van der Waals surface area contributed by atoms with Gasteiger partial charge in [-0.1, -0.05) is 19.1 Å². The number of hydrogen-bond acceptors (Lipinski definition) is 4. The molecule has 1 fully saturated rings. The van der Waals surface area contributed by atoms with E-state index < -0.39 is 0 Å². The Morgan fingerprint density at radius 3 is 2.54 bits per heavy atom. The maximum Gasteiger partial charge on any atom is 0.242 e. The molecule has 0 saturated carbocycles. The summed E-state index contributed by atoms with van der Waals surface area (Å²) in [4.78, 5) is 19.1. The number of methoxy groups -OCH3 is 1. The molecule has 1 aliphatic rings. The van der Waals surface area contributed by atoms with Gasteiger partial charge in [0.15, 0.2) is 5.96 Å². The van der Waals surface area contributed by atoms with Crippen molar-refractivity contribution in [1.29, 1.82) is 0 Å². The number of benzene rings is 1. The molecule has 0 spiro atoms. The van der Waals surface area contributed by atoms with E-state index in [2.05, 4.69) is 46.6 Å². The summed E-state index contributed by atoms with van der Waals surface area (Å²) in [6.45, 7) is 12.1. The number of carbonyl (C=O) groups excluding carboxylic acids is 1. The fourth-order valence-corrected chi connectivity index (χ4v) is 3.26. The maximum absolute atomic E-state index is 12.2. The molecule has 0 bridgehead atoms. The third-order valence-electron chi connectivity index (χ3n) is 5.07. The van der Waals surface area contributed by atoms with Crippen LogP contribution in [-0.2, 0) is 11.3 Å². The van der Waals surface area contributed by atoms with Crippen molar-refractivity contribution in [3.63, 3.8) is 0 Å². The summed E-state index contributed by atoms with van der Waals surface area (Å²) in [5.41, 5.74) is 1.02. The van der Waals surface area contributed by atoms with E-state index in [1.165, 1.54) is 0 Å². The predicted molar refractivity (Wildman–Crippen MR) is 114 cm³/mol. The van der Waals surface area contributed by atoms with Crippen LogP contribution in [0, 0.1) is 5.92 Å². The highest BCUT2D eigenvalue weighted by Crippen LogP contribution is 2.18. The number of carbonyl (C=O) groups is 1. The first-order chi connectivity index (χ1) is 13.4. The van der Waals surface area contributed by atoms with Gasteiger partial charge >= 0.3 is 0 Å². The lowest BCUT2D eigenvalue weighted by molar-refractivity contribution is -0.119. The molecule has 1 aromatic rings. The standard InChI is InChI=1S/C21H35N5O2/c1-6-22-21(25-19-14-26(15(2)3)13-16(19)4)24-12-20(27)23-11-17-7-9-18(28-5)10-8-17/h7-10,15-16,19H,6,11-14H2,1-5H3,(H,23,27)(H2,22,24,25). The largest absolute Gasteiger partial charge is 0.497 e. The van der Waals surface area contributed by atoms with E-state index in [-0.39, 0.29) is 12.5 Å². The fourth-order valence-electron chi connectivity index (χ4n) is 3.26. The summed E-state index contributed by atoms with van der Waals surface area (Å²) in [5, 5.41) is 9.65. The van der Waals surface area contributed by atoms with Crippen LogP contribution < -0.4 is 20.7 Å². The van der Waals surface area contributed by atoms with Gasteiger partial charge < -0.3 is 20.7 Å². The van der Waals surface area contributed by atoms with Crippen molar-refractivity contribution >= 4 is 11.9 Å². The van der Waals surface area contributed by atoms with Crippen molar-refractivity contribution in [3.8, 4) is 5.75 Å². The molecule has 28 heavy (non-hydrogen) atoms. The zero-order valence-corrected chi connectivity index (χ0v) is 17.8. The summed E-state index contributed by atoms with van der Waals surface area (Å²) in [5.74, 6) is 1.94. The van der Waals surface area contributed by atoms with Crippen LogP contribution in [0.3, 0.4) is 0 Å². The molecule has 2 rings (SSSR count). The highest BCUT2D eigenvalue weighted by atomic mass is 16.5. The number of guanidine groups is 1. The SMILES string of the molecule is CCNC(=NCC(=O)NCc1ccc(OC)cc1)NC1CN(C(C)C)CC1C. The van der Waals surface area contributed by atoms with E-state index in [9.17, 15) is 4.79 Å². The number of amides is 1.